The van der Waals surface area contributed by atoms with Crippen molar-refractivity contribution in [3.8, 4) is 0 Å². The van der Waals surface area contributed by atoms with Gasteiger partial charge in [-0.3, -0.25) is 0 Å². The van der Waals surface area contributed by atoms with Gasteiger partial charge < -0.3 is 11.1 Å². The summed E-state index contributed by atoms with van der Waals surface area (Å²) in [6.07, 6.45) is 0. The van der Waals surface area contributed by atoms with E-state index < -0.39 is 0 Å². The van der Waals surface area contributed by atoms with Crippen molar-refractivity contribution in [2.75, 3.05) is 0 Å². The Balaban J connectivity index is 3.50. The highest BCUT2D eigenvalue weighted by Gasteiger charge is 2.04. The van der Waals surface area contributed by atoms with Gasteiger partial charge in [0.15, 0.2) is 0 Å². The second-order valence-electron chi connectivity index (χ2n) is 2.35. The maximum atomic E-state index is 5.56. The lowest BCUT2D eigenvalue weighted by Crippen LogP contribution is -2.42. The number of hydrogen-bond acceptors (Lipinski definition) is 2. The Labute approximate surface area is 61.8 Å². The largest absolute Gasteiger partial charge is 0.376 e. The van der Waals surface area contributed by atoms with Crippen LogP contribution in [-0.2, 0) is 0 Å². The minimum absolute atomic E-state index is 0.155. The molecule has 3 heteroatoms. The molecular weight excluding hydrogens is 132 g/mol. The molecule has 0 aliphatic heterocycles. The molecule has 0 aromatic heterocycles. The first kappa shape index (κ1) is 8.85. The zero-order chi connectivity index (χ0) is 7.44. The zero-order valence-corrected chi connectivity index (χ0v) is 6.96. The fourth-order valence-corrected chi connectivity index (χ4v) is 0.638. The molecule has 2 unspecified atom stereocenters. The molecule has 9 heavy (non-hydrogen) atoms. The number of nitrogens with two attached hydrogens (primary N) is 1. The molecule has 0 saturated carbocycles. The van der Waals surface area contributed by atoms with Crippen molar-refractivity contribution in [1.29, 1.82) is 0 Å². The lowest BCUT2D eigenvalue weighted by molar-refractivity contribution is 0.556. The summed E-state index contributed by atoms with van der Waals surface area (Å²) in [6, 6.07) is 0.436. The molecule has 2 atom stereocenters. The molecule has 0 aromatic rings. The van der Waals surface area contributed by atoms with E-state index in [4.69, 9.17) is 18.0 Å². The van der Waals surface area contributed by atoms with Crippen LogP contribution in [0.25, 0.3) is 0 Å². The van der Waals surface area contributed by atoms with Gasteiger partial charge in [-0.15, -0.1) is 0 Å². The SMILES string of the molecule is CC(=S)NC(C)C(C)N. The van der Waals surface area contributed by atoms with E-state index in [-0.39, 0.29) is 12.1 Å². The summed E-state index contributed by atoms with van der Waals surface area (Å²) in [5.41, 5.74) is 5.56. The molecule has 0 aliphatic rings. The van der Waals surface area contributed by atoms with Gasteiger partial charge in [0, 0.05) is 12.1 Å². The Kier molecular flexibility index (Phi) is 3.73. The molecule has 0 aromatic carbocycles. The molecule has 0 radical (unpaired) electrons. The van der Waals surface area contributed by atoms with E-state index in [9.17, 15) is 0 Å². The van der Waals surface area contributed by atoms with Gasteiger partial charge in [0.2, 0.25) is 0 Å². The first-order valence-electron chi connectivity index (χ1n) is 3.06. The lowest BCUT2D eigenvalue weighted by Gasteiger charge is -2.16. The van der Waals surface area contributed by atoms with Gasteiger partial charge in [-0.25, -0.2) is 0 Å². The molecule has 0 heterocycles. The van der Waals surface area contributed by atoms with E-state index in [1.54, 1.807) is 0 Å². The van der Waals surface area contributed by atoms with Crippen LogP contribution in [0.5, 0.6) is 0 Å². The number of hydrogen-bond donors (Lipinski definition) is 2. The number of rotatable bonds is 2. The normalized spacial score (nSPS) is 16.4. The fourth-order valence-electron chi connectivity index (χ4n) is 0.452. The van der Waals surface area contributed by atoms with Gasteiger partial charge in [0.05, 0.1) is 4.99 Å². The van der Waals surface area contributed by atoms with Gasteiger partial charge in [-0.1, -0.05) is 12.2 Å². The van der Waals surface area contributed by atoms with Gasteiger partial charge in [-0.2, -0.15) is 0 Å². The Morgan fingerprint density at radius 2 is 2.00 bits per heavy atom. The summed E-state index contributed by atoms with van der Waals surface area (Å²) in [6.45, 7) is 5.82. The highest BCUT2D eigenvalue weighted by atomic mass is 32.1. The third-order valence-corrected chi connectivity index (χ3v) is 1.34. The van der Waals surface area contributed by atoms with E-state index in [2.05, 4.69) is 5.32 Å². The predicted octanol–water partition coefficient (Wildman–Crippen LogP) is 0.659. The summed E-state index contributed by atoms with van der Waals surface area (Å²) >= 11 is 4.82. The third-order valence-electron chi connectivity index (χ3n) is 1.22. The Bertz CT molecular complexity index is 101. The van der Waals surface area contributed by atoms with Gasteiger partial charge >= 0.3 is 0 Å². The maximum absolute atomic E-state index is 5.56. The van der Waals surface area contributed by atoms with E-state index >= 15 is 0 Å². The molecule has 0 rings (SSSR count). The summed E-state index contributed by atoms with van der Waals surface area (Å²) < 4.78 is 0. The first-order chi connectivity index (χ1) is 4.04. The highest BCUT2D eigenvalue weighted by molar-refractivity contribution is 7.80. The molecule has 0 saturated heterocycles. The van der Waals surface area contributed by atoms with Crippen LogP contribution in [0.4, 0.5) is 0 Å². The second-order valence-corrected chi connectivity index (χ2v) is 2.96. The molecule has 0 fully saturated rings. The van der Waals surface area contributed by atoms with Crippen LogP contribution in [0.3, 0.4) is 0 Å². The molecule has 0 aliphatic carbocycles. The van der Waals surface area contributed by atoms with E-state index in [0.717, 1.165) is 4.99 Å². The number of thiocarbonyl (C=S) groups is 1. The van der Waals surface area contributed by atoms with Crippen molar-refractivity contribution in [2.45, 2.75) is 32.9 Å². The van der Waals surface area contributed by atoms with Crippen molar-refractivity contribution >= 4 is 17.2 Å². The van der Waals surface area contributed by atoms with Crippen molar-refractivity contribution in [1.82, 2.24) is 5.32 Å². The maximum Gasteiger partial charge on any atom is 0.0724 e. The van der Waals surface area contributed by atoms with Crippen LogP contribution < -0.4 is 11.1 Å². The second kappa shape index (κ2) is 3.80. The van der Waals surface area contributed by atoms with Crippen LogP contribution >= 0.6 is 12.2 Å². The summed E-state index contributed by atoms with van der Waals surface area (Å²) in [5, 5.41) is 3.05. The smallest absolute Gasteiger partial charge is 0.0724 e. The summed E-state index contributed by atoms with van der Waals surface area (Å²) in [7, 11) is 0. The predicted molar refractivity (Wildman–Crippen MR) is 44.5 cm³/mol. The molecule has 2 nitrogen and oxygen atoms in total. The van der Waals surface area contributed by atoms with E-state index in [1.807, 2.05) is 20.8 Å². The Morgan fingerprint density at radius 1 is 1.56 bits per heavy atom. The topological polar surface area (TPSA) is 38.0 Å². The quantitative estimate of drug-likeness (QED) is 0.562. The Morgan fingerprint density at radius 3 is 2.11 bits per heavy atom. The van der Waals surface area contributed by atoms with E-state index in [1.165, 1.54) is 0 Å². The van der Waals surface area contributed by atoms with Gasteiger partial charge in [-0.05, 0) is 20.8 Å². The molecule has 54 valence electrons. The first-order valence-corrected chi connectivity index (χ1v) is 3.47. The minimum Gasteiger partial charge on any atom is -0.376 e. The zero-order valence-electron chi connectivity index (χ0n) is 6.14. The Hall–Kier alpha value is -0.150. The standard InChI is InChI=1S/C6H14N2S/c1-4(7)5(2)8-6(3)9/h4-5H,7H2,1-3H3,(H,8,9). The lowest BCUT2D eigenvalue weighted by atomic mass is 10.2. The van der Waals surface area contributed by atoms with Crippen molar-refractivity contribution in [3.05, 3.63) is 0 Å². The van der Waals surface area contributed by atoms with Crippen LogP contribution in [-0.4, -0.2) is 17.1 Å². The average molecular weight is 146 g/mol. The summed E-state index contributed by atoms with van der Waals surface area (Å²) in [4.78, 5) is 0.805. The molecule has 3 N–H and O–H groups in total. The van der Waals surface area contributed by atoms with Gasteiger partial charge in [0.1, 0.15) is 0 Å². The van der Waals surface area contributed by atoms with Crippen LogP contribution in [0.15, 0.2) is 0 Å². The third kappa shape index (κ3) is 4.36. The van der Waals surface area contributed by atoms with Crippen LogP contribution in [0.1, 0.15) is 20.8 Å². The molecule has 0 spiro atoms. The average Bonchev–Trinajstić information content (AvgIpc) is 1.63. The van der Waals surface area contributed by atoms with Crippen LogP contribution in [0, 0.1) is 0 Å². The van der Waals surface area contributed by atoms with Crippen molar-refractivity contribution < 1.29 is 0 Å². The van der Waals surface area contributed by atoms with Crippen molar-refractivity contribution in [3.63, 3.8) is 0 Å². The van der Waals surface area contributed by atoms with Crippen LogP contribution in [0.2, 0.25) is 0 Å². The minimum atomic E-state index is 0.155. The monoisotopic (exact) mass is 146 g/mol. The highest BCUT2D eigenvalue weighted by Crippen LogP contribution is 1.86. The fraction of sp³-hybridized carbons (Fsp3) is 0.833. The van der Waals surface area contributed by atoms with Gasteiger partial charge in [0.25, 0.3) is 0 Å². The molecule has 0 bridgehead atoms. The summed E-state index contributed by atoms with van der Waals surface area (Å²) in [5.74, 6) is 0. The van der Waals surface area contributed by atoms with Crippen molar-refractivity contribution in [2.24, 2.45) is 5.73 Å². The van der Waals surface area contributed by atoms with E-state index in [0.29, 0.717) is 0 Å². The molecule has 0 amide bonds. The number of nitrogens with one attached hydrogen (secondary N) is 1. The molecular formula is C6H14N2S.